The Morgan fingerprint density at radius 2 is 1.80 bits per heavy atom. The Morgan fingerprint density at radius 3 is 2.40 bits per heavy atom. The molecule has 0 aliphatic carbocycles. The van der Waals surface area contributed by atoms with Gasteiger partial charge in [-0.1, -0.05) is 46.3 Å². The number of alkyl halides is 1. The third kappa shape index (κ3) is 1.92. The summed E-state index contributed by atoms with van der Waals surface area (Å²) in [4.78, 5) is 11.2. The van der Waals surface area contributed by atoms with Crippen LogP contribution in [-0.4, -0.2) is 5.24 Å². The normalized spacial score (nSPS) is 10.5. The highest BCUT2D eigenvalue weighted by molar-refractivity contribution is 9.08. The Bertz CT molecular complexity index is 522. The van der Waals surface area contributed by atoms with Gasteiger partial charge < -0.3 is 0 Å². The number of rotatable bonds is 2. The number of hydrogen-bond acceptors (Lipinski definition) is 1. The van der Waals surface area contributed by atoms with Crippen molar-refractivity contribution < 1.29 is 4.79 Å². The fourth-order valence-electron chi connectivity index (χ4n) is 1.65. The maximum atomic E-state index is 11.2. The fourth-order valence-corrected chi connectivity index (χ4v) is 2.30. The van der Waals surface area contributed by atoms with Crippen LogP contribution in [0.15, 0.2) is 36.4 Å². The summed E-state index contributed by atoms with van der Waals surface area (Å²) in [6, 6.07) is 11.5. The van der Waals surface area contributed by atoms with Crippen LogP contribution >= 0.6 is 27.5 Å². The zero-order chi connectivity index (χ0) is 10.8. The summed E-state index contributed by atoms with van der Waals surface area (Å²) in [5, 5.41) is 2.34. The standard InChI is InChI=1S/C12H8BrClO/c13-7-8-5-6-11(12(14)15)10-4-2-1-3-9(8)10/h1-6H,7H2. The molecule has 0 unspecified atom stereocenters. The van der Waals surface area contributed by atoms with Crippen molar-refractivity contribution in [3.8, 4) is 0 Å². The van der Waals surface area contributed by atoms with Crippen molar-refractivity contribution >= 4 is 43.5 Å². The smallest absolute Gasteiger partial charge is 0.253 e. The lowest BCUT2D eigenvalue weighted by atomic mass is 10.0. The van der Waals surface area contributed by atoms with Gasteiger partial charge in [0.25, 0.3) is 5.24 Å². The van der Waals surface area contributed by atoms with Gasteiger partial charge in [-0.3, -0.25) is 4.79 Å². The van der Waals surface area contributed by atoms with E-state index in [0.717, 1.165) is 21.7 Å². The molecule has 0 aromatic heterocycles. The third-order valence-corrected chi connectivity index (χ3v) is 3.18. The predicted octanol–water partition coefficient (Wildman–Crippen LogP) is 4.11. The number of carbonyl (C=O) groups excluding carboxylic acids is 1. The van der Waals surface area contributed by atoms with Gasteiger partial charge in [0, 0.05) is 10.9 Å². The molecule has 2 aromatic carbocycles. The van der Waals surface area contributed by atoms with E-state index in [-0.39, 0.29) is 0 Å². The molecule has 1 nitrogen and oxygen atoms in total. The molecular weight excluding hydrogens is 275 g/mol. The van der Waals surface area contributed by atoms with E-state index in [4.69, 9.17) is 11.6 Å². The van der Waals surface area contributed by atoms with Crippen molar-refractivity contribution in [3.63, 3.8) is 0 Å². The van der Waals surface area contributed by atoms with E-state index in [0.29, 0.717) is 5.56 Å². The van der Waals surface area contributed by atoms with Crippen LogP contribution in [0.3, 0.4) is 0 Å². The Kier molecular flexibility index (Phi) is 3.08. The number of benzene rings is 2. The van der Waals surface area contributed by atoms with Crippen LogP contribution in [0, 0.1) is 0 Å². The van der Waals surface area contributed by atoms with Crippen molar-refractivity contribution in [2.75, 3.05) is 0 Å². The minimum absolute atomic E-state index is 0.410. The Labute approximate surface area is 101 Å². The average molecular weight is 284 g/mol. The quantitative estimate of drug-likeness (QED) is 0.599. The molecule has 0 amide bonds. The summed E-state index contributed by atoms with van der Waals surface area (Å²) in [5.41, 5.74) is 1.73. The Hall–Kier alpha value is -0.860. The van der Waals surface area contributed by atoms with Gasteiger partial charge in [-0.05, 0) is 34.0 Å². The highest BCUT2D eigenvalue weighted by atomic mass is 79.9. The Balaban J connectivity index is 2.83. The van der Waals surface area contributed by atoms with Gasteiger partial charge in [-0.25, -0.2) is 0 Å². The second-order valence-electron chi connectivity index (χ2n) is 3.23. The van der Waals surface area contributed by atoms with Crippen molar-refractivity contribution in [3.05, 3.63) is 47.5 Å². The number of carbonyl (C=O) groups is 1. The largest absolute Gasteiger partial charge is 0.276 e. The highest BCUT2D eigenvalue weighted by Crippen LogP contribution is 2.25. The van der Waals surface area contributed by atoms with E-state index in [2.05, 4.69) is 15.9 Å². The van der Waals surface area contributed by atoms with Crippen LogP contribution in [0.1, 0.15) is 15.9 Å². The lowest BCUT2D eigenvalue weighted by Crippen LogP contribution is -1.92. The van der Waals surface area contributed by atoms with Crippen LogP contribution in [0.5, 0.6) is 0 Å². The molecule has 0 atom stereocenters. The van der Waals surface area contributed by atoms with Gasteiger partial charge in [-0.2, -0.15) is 0 Å². The van der Waals surface area contributed by atoms with Crippen molar-refractivity contribution in [1.29, 1.82) is 0 Å². The predicted molar refractivity (Wildman–Crippen MR) is 66.8 cm³/mol. The topological polar surface area (TPSA) is 17.1 Å². The molecule has 0 aliphatic rings. The van der Waals surface area contributed by atoms with Crippen LogP contribution in [0.4, 0.5) is 0 Å². The van der Waals surface area contributed by atoms with Gasteiger partial charge in [0.15, 0.2) is 0 Å². The lowest BCUT2D eigenvalue weighted by Gasteiger charge is -2.06. The Morgan fingerprint density at radius 1 is 1.13 bits per heavy atom. The molecule has 0 heterocycles. The minimum Gasteiger partial charge on any atom is -0.276 e. The third-order valence-electron chi connectivity index (χ3n) is 2.37. The van der Waals surface area contributed by atoms with Gasteiger partial charge in [0.2, 0.25) is 0 Å². The zero-order valence-corrected chi connectivity index (χ0v) is 10.2. The summed E-state index contributed by atoms with van der Waals surface area (Å²) in [5.74, 6) is 0. The molecule has 0 N–H and O–H groups in total. The number of fused-ring (bicyclic) bond motifs is 1. The molecule has 15 heavy (non-hydrogen) atoms. The lowest BCUT2D eigenvalue weighted by molar-refractivity contribution is 0.108. The number of halogens is 2. The molecule has 0 spiro atoms. The molecule has 0 saturated carbocycles. The molecule has 0 saturated heterocycles. The summed E-state index contributed by atoms with van der Waals surface area (Å²) >= 11 is 8.95. The summed E-state index contributed by atoms with van der Waals surface area (Å²) in [6.07, 6.45) is 0. The minimum atomic E-state index is -0.410. The van der Waals surface area contributed by atoms with Gasteiger partial charge in [-0.15, -0.1) is 0 Å². The van der Waals surface area contributed by atoms with Gasteiger partial charge in [0.05, 0.1) is 0 Å². The van der Waals surface area contributed by atoms with Crippen LogP contribution in [0.25, 0.3) is 10.8 Å². The molecular formula is C12H8BrClO. The van der Waals surface area contributed by atoms with E-state index in [1.54, 1.807) is 6.07 Å². The molecule has 0 radical (unpaired) electrons. The molecule has 0 fully saturated rings. The van der Waals surface area contributed by atoms with E-state index >= 15 is 0 Å². The first-order chi connectivity index (χ1) is 7.24. The van der Waals surface area contributed by atoms with E-state index in [9.17, 15) is 4.79 Å². The maximum Gasteiger partial charge on any atom is 0.253 e. The molecule has 2 aromatic rings. The molecule has 2 rings (SSSR count). The maximum absolute atomic E-state index is 11.2. The summed E-state index contributed by atoms with van der Waals surface area (Å²) < 4.78 is 0. The fraction of sp³-hybridized carbons (Fsp3) is 0.0833. The second kappa shape index (κ2) is 4.33. The van der Waals surface area contributed by atoms with E-state index < -0.39 is 5.24 Å². The van der Waals surface area contributed by atoms with Crippen molar-refractivity contribution in [1.82, 2.24) is 0 Å². The highest BCUT2D eigenvalue weighted by Gasteiger charge is 2.09. The second-order valence-corrected chi connectivity index (χ2v) is 4.13. The van der Waals surface area contributed by atoms with Crippen LogP contribution in [0.2, 0.25) is 0 Å². The molecule has 0 bridgehead atoms. The molecule has 0 aliphatic heterocycles. The average Bonchev–Trinajstić information content (AvgIpc) is 2.27. The first kappa shape index (κ1) is 10.7. The van der Waals surface area contributed by atoms with Crippen LogP contribution < -0.4 is 0 Å². The first-order valence-corrected chi connectivity index (χ1v) is 6.00. The van der Waals surface area contributed by atoms with Gasteiger partial charge >= 0.3 is 0 Å². The van der Waals surface area contributed by atoms with Crippen molar-refractivity contribution in [2.45, 2.75) is 5.33 Å². The van der Waals surface area contributed by atoms with E-state index in [1.165, 1.54) is 0 Å². The summed E-state index contributed by atoms with van der Waals surface area (Å²) in [7, 11) is 0. The molecule has 3 heteroatoms. The molecule has 76 valence electrons. The SMILES string of the molecule is O=C(Cl)c1ccc(CBr)c2ccccc12. The zero-order valence-electron chi connectivity index (χ0n) is 7.84. The van der Waals surface area contributed by atoms with Gasteiger partial charge in [0.1, 0.15) is 0 Å². The first-order valence-electron chi connectivity index (χ1n) is 4.50. The van der Waals surface area contributed by atoms with E-state index in [1.807, 2.05) is 30.3 Å². The van der Waals surface area contributed by atoms with Crippen LogP contribution in [-0.2, 0) is 5.33 Å². The number of hydrogen-bond donors (Lipinski definition) is 0. The van der Waals surface area contributed by atoms with Crippen molar-refractivity contribution in [2.24, 2.45) is 0 Å². The monoisotopic (exact) mass is 282 g/mol. The summed E-state index contributed by atoms with van der Waals surface area (Å²) in [6.45, 7) is 0.